The average molecular weight is 196 g/mol. The van der Waals surface area contributed by atoms with Gasteiger partial charge in [-0.1, -0.05) is 13.0 Å². The van der Waals surface area contributed by atoms with E-state index in [0.717, 1.165) is 13.1 Å². The molecule has 1 fully saturated rings. The van der Waals surface area contributed by atoms with Gasteiger partial charge >= 0.3 is 0 Å². The molecule has 2 atom stereocenters. The summed E-state index contributed by atoms with van der Waals surface area (Å²) < 4.78 is 0. The van der Waals surface area contributed by atoms with E-state index in [1.807, 2.05) is 11.8 Å². The van der Waals surface area contributed by atoms with Crippen LogP contribution in [0.25, 0.3) is 0 Å². The van der Waals surface area contributed by atoms with E-state index in [-0.39, 0.29) is 5.91 Å². The number of carbonyl (C=O) groups excluding carboxylic acids is 1. The largest absolute Gasteiger partial charge is 0.337 e. The summed E-state index contributed by atoms with van der Waals surface area (Å²) >= 11 is 0. The lowest BCUT2D eigenvalue weighted by Crippen LogP contribution is -2.35. The first-order valence-electron chi connectivity index (χ1n) is 5.14. The normalized spacial score (nSPS) is 27.9. The van der Waals surface area contributed by atoms with Crippen molar-refractivity contribution in [2.45, 2.75) is 19.9 Å². The number of hydrogen-bond acceptors (Lipinski definition) is 2. The Balaban J connectivity index is 2.58. The standard InChI is InChI=1S/C11H20N2O/c1-5-6-11(14)13-7-9(2)10(8-13)12(3)4/h5-6,9-10H,7-8H2,1-4H3/b6-5+. The van der Waals surface area contributed by atoms with Crippen LogP contribution in [0.1, 0.15) is 13.8 Å². The van der Waals surface area contributed by atoms with E-state index in [4.69, 9.17) is 0 Å². The smallest absolute Gasteiger partial charge is 0.246 e. The summed E-state index contributed by atoms with van der Waals surface area (Å²) in [5.41, 5.74) is 0. The van der Waals surface area contributed by atoms with Crippen LogP contribution >= 0.6 is 0 Å². The zero-order chi connectivity index (χ0) is 10.7. The Bertz CT molecular complexity index is 235. The van der Waals surface area contributed by atoms with Gasteiger partial charge in [0.15, 0.2) is 0 Å². The number of hydrogen-bond donors (Lipinski definition) is 0. The van der Waals surface area contributed by atoms with Crippen LogP contribution < -0.4 is 0 Å². The van der Waals surface area contributed by atoms with E-state index in [2.05, 4.69) is 25.9 Å². The quantitative estimate of drug-likeness (QED) is 0.614. The van der Waals surface area contributed by atoms with Crippen molar-refractivity contribution in [3.05, 3.63) is 12.2 Å². The first-order chi connectivity index (χ1) is 6.56. The molecule has 1 aliphatic heterocycles. The second-order valence-corrected chi connectivity index (χ2v) is 4.25. The SMILES string of the molecule is C/C=C/C(=O)N1CC(C)C(N(C)C)C1. The fraction of sp³-hybridized carbons (Fsp3) is 0.727. The molecule has 0 aromatic carbocycles. The highest BCUT2D eigenvalue weighted by molar-refractivity contribution is 5.87. The minimum Gasteiger partial charge on any atom is -0.337 e. The topological polar surface area (TPSA) is 23.6 Å². The highest BCUT2D eigenvalue weighted by Gasteiger charge is 2.32. The predicted octanol–water partition coefficient (Wildman–Crippen LogP) is 0.971. The summed E-state index contributed by atoms with van der Waals surface area (Å²) in [7, 11) is 4.15. The van der Waals surface area contributed by atoms with Gasteiger partial charge in [0.25, 0.3) is 0 Å². The Labute approximate surface area is 86.4 Å². The number of nitrogens with zero attached hydrogens (tertiary/aromatic N) is 2. The van der Waals surface area contributed by atoms with Crippen LogP contribution in [0.5, 0.6) is 0 Å². The predicted molar refractivity (Wildman–Crippen MR) is 58.0 cm³/mol. The van der Waals surface area contributed by atoms with Crippen LogP contribution in [-0.2, 0) is 4.79 Å². The third-order valence-corrected chi connectivity index (χ3v) is 2.86. The summed E-state index contributed by atoms with van der Waals surface area (Å²) in [6, 6.07) is 0.504. The Morgan fingerprint density at radius 3 is 2.50 bits per heavy atom. The first kappa shape index (κ1) is 11.2. The van der Waals surface area contributed by atoms with E-state index in [0.29, 0.717) is 12.0 Å². The van der Waals surface area contributed by atoms with Crippen molar-refractivity contribution in [2.75, 3.05) is 27.2 Å². The van der Waals surface area contributed by atoms with Gasteiger partial charge in [0.1, 0.15) is 0 Å². The highest BCUT2D eigenvalue weighted by atomic mass is 16.2. The molecular formula is C11H20N2O. The van der Waals surface area contributed by atoms with Gasteiger partial charge in [-0.3, -0.25) is 4.79 Å². The minimum atomic E-state index is 0.142. The van der Waals surface area contributed by atoms with Gasteiger partial charge in [0, 0.05) is 19.1 Å². The van der Waals surface area contributed by atoms with Crippen LogP contribution in [-0.4, -0.2) is 48.9 Å². The maximum absolute atomic E-state index is 11.6. The summed E-state index contributed by atoms with van der Waals surface area (Å²) in [6.45, 7) is 5.82. The van der Waals surface area contributed by atoms with Crippen molar-refractivity contribution < 1.29 is 4.79 Å². The van der Waals surface area contributed by atoms with Crippen LogP contribution in [0.2, 0.25) is 0 Å². The summed E-state index contributed by atoms with van der Waals surface area (Å²) in [5.74, 6) is 0.711. The maximum Gasteiger partial charge on any atom is 0.246 e. The lowest BCUT2D eigenvalue weighted by Gasteiger charge is -2.22. The summed E-state index contributed by atoms with van der Waals surface area (Å²) in [6.07, 6.45) is 3.45. The van der Waals surface area contributed by atoms with E-state index in [9.17, 15) is 4.79 Å². The molecule has 14 heavy (non-hydrogen) atoms. The Morgan fingerprint density at radius 2 is 2.07 bits per heavy atom. The van der Waals surface area contributed by atoms with Crippen molar-refractivity contribution in [3.63, 3.8) is 0 Å². The third-order valence-electron chi connectivity index (χ3n) is 2.86. The molecule has 1 rings (SSSR count). The minimum absolute atomic E-state index is 0.142. The molecule has 0 aromatic rings. The molecule has 1 aliphatic rings. The molecule has 1 saturated heterocycles. The number of allylic oxidation sites excluding steroid dienone is 1. The van der Waals surface area contributed by atoms with Crippen molar-refractivity contribution in [1.29, 1.82) is 0 Å². The van der Waals surface area contributed by atoms with Gasteiger partial charge in [-0.25, -0.2) is 0 Å². The van der Waals surface area contributed by atoms with Crippen LogP contribution in [0, 0.1) is 5.92 Å². The molecule has 0 bridgehead atoms. The van der Waals surface area contributed by atoms with E-state index < -0.39 is 0 Å². The molecule has 0 aliphatic carbocycles. The van der Waals surface area contributed by atoms with Gasteiger partial charge in [-0.15, -0.1) is 0 Å². The zero-order valence-corrected chi connectivity index (χ0v) is 9.53. The van der Waals surface area contributed by atoms with Crippen molar-refractivity contribution in [3.8, 4) is 0 Å². The number of amides is 1. The van der Waals surface area contributed by atoms with Crippen molar-refractivity contribution in [2.24, 2.45) is 5.92 Å². The van der Waals surface area contributed by atoms with Gasteiger partial charge in [-0.05, 0) is 33.0 Å². The first-order valence-corrected chi connectivity index (χ1v) is 5.14. The molecule has 0 aromatic heterocycles. The average Bonchev–Trinajstić information content (AvgIpc) is 2.48. The number of likely N-dealkylation sites (tertiary alicyclic amines) is 1. The highest BCUT2D eigenvalue weighted by Crippen LogP contribution is 2.19. The van der Waals surface area contributed by atoms with Crippen LogP contribution in [0.15, 0.2) is 12.2 Å². The lowest BCUT2D eigenvalue weighted by molar-refractivity contribution is -0.125. The molecule has 1 amide bonds. The Hall–Kier alpha value is -0.830. The molecule has 0 spiro atoms. The van der Waals surface area contributed by atoms with Gasteiger partial charge in [0.2, 0.25) is 5.91 Å². The fourth-order valence-electron chi connectivity index (χ4n) is 2.05. The molecular weight excluding hydrogens is 176 g/mol. The molecule has 0 N–H and O–H groups in total. The Kier molecular flexibility index (Phi) is 3.69. The molecule has 0 saturated carbocycles. The van der Waals surface area contributed by atoms with E-state index in [1.165, 1.54) is 0 Å². The second-order valence-electron chi connectivity index (χ2n) is 4.25. The fourth-order valence-corrected chi connectivity index (χ4v) is 2.05. The van der Waals surface area contributed by atoms with Crippen LogP contribution in [0.3, 0.4) is 0 Å². The number of likely N-dealkylation sites (N-methyl/N-ethyl adjacent to an activating group) is 1. The maximum atomic E-state index is 11.6. The molecule has 3 nitrogen and oxygen atoms in total. The molecule has 80 valence electrons. The number of rotatable bonds is 2. The monoisotopic (exact) mass is 196 g/mol. The zero-order valence-electron chi connectivity index (χ0n) is 9.53. The molecule has 0 radical (unpaired) electrons. The second kappa shape index (κ2) is 4.60. The molecule has 3 heteroatoms. The molecule has 2 unspecified atom stereocenters. The van der Waals surface area contributed by atoms with Gasteiger partial charge in [0.05, 0.1) is 0 Å². The lowest BCUT2D eigenvalue weighted by atomic mass is 10.1. The van der Waals surface area contributed by atoms with Crippen molar-refractivity contribution >= 4 is 5.91 Å². The van der Waals surface area contributed by atoms with E-state index in [1.54, 1.807) is 12.2 Å². The number of carbonyl (C=O) groups is 1. The van der Waals surface area contributed by atoms with E-state index >= 15 is 0 Å². The van der Waals surface area contributed by atoms with Gasteiger partial charge < -0.3 is 9.80 Å². The van der Waals surface area contributed by atoms with Gasteiger partial charge in [-0.2, -0.15) is 0 Å². The van der Waals surface area contributed by atoms with Crippen molar-refractivity contribution in [1.82, 2.24) is 9.80 Å². The Morgan fingerprint density at radius 1 is 1.43 bits per heavy atom. The third kappa shape index (κ3) is 2.35. The molecule has 1 heterocycles. The summed E-state index contributed by atoms with van der Waals surface area (Å²) in [5, 5.41) is 0. The summed E-state index contributed by atoms with van der Waals surface area (Å²) in [4.78, 5) is 15.7. The van der Waals surface area contributed by atoms with Crippen LogP contribution in [0.4, 0.5) is 0 Å².